The molecule has 1 amide bonds. The smallest absolute Gasteiger partial charge is 0.306 e. The molecule has 0 aliphatic heterocycles. The molecule has 0 saturated heterocycles. The standard InChI is InChI=1S/C22H16FN5O4S/c23-17-11-10-14(12-18(17)28(31)32)24-20(30)13-33-22-26-25-21(16-8-4-5-9-19(16)29)27(22)15-6-2-1-3-7-15/h1-12,29H,13H2,(H,24,30). The summed E-state index contributed by atoms with van der Waals surface area (Å²) in [7, 11) is 0. The van der Waals surface area contributed by atoms with Gasteiger partial charge in [0.2, 0.25) is 11.7 Å². The van der Waals surface area contributed by atoms with Crippen molar-refractivity contribution in [3.8, 4) is 22.8 Å². The van der Waals surface area contributed by atoms with E-state index in [0.29, 0.717) is 16.5 Å². The normalized spacial score (nSPS) is 10.7. The van der Waals surface area contributed by atoms with Crippen LogP contribution in [0.2, 0.25) is 0 Å². The number of nitrogens with one attached hydrogen (secondary N) is 1. The third-order valence-corrected chi connectivity index (χ3v) is 5.48. The van der Waals surface area contributed by atoms with Crippen molar-refractivity contribution in [1.29, 1.82) is 0 Å². The number of nitro benzene ring substituents is 1. The summed E-state index contributed by atoms with van der Waals surface area (Å²) in [5, 5.41) is 32.5. The van der Waals surface area contributed by atoms with Crippen molar-refractivity contribution in [2.75, 3.05) is 11.1 Å². The molecule has 0 atom stereocenters. The van der Waals surface area contributed by atoms with Crippen LogP contribution in [0.15, 0.2) is 78.0 Å². The zero-order valence-corrected chi connectivity index (χ0v) is 17.7. The maximum Gasteiger partial charge on any atom is 0.306 e. The molecular weight excluding hydrogens is 449 g/mol. The Balaban J connectivity index is 1.58. The lowest BCUT2D eigenvalue weighted by atomic mass is 10.2. The molecule has 4 aromatic rings. The fourth-order valence-electron chi connectivity index (χ4n) is 3.07. The van der Waals surface area contributed by atoms with E-state index < -0.39 is 22.3 Å². The molecule has 1 heterocycles. The Labute approximate surface area is 191 Å². The minimum Gasteiger partial charge on any atom is -0.507 e. The minimum atomic E-state index is -0.986. The predicted octanol–water partition coefficient (Wildman–Crippen LogP) is 4.42. The van der Waals surface area contributed by atoms with Crippen LogP contribution in [-0.4, -0.2) is 36.5 Å². The van der Waals surface area contributed by atoms with Crippen LogP contribution in [0.3, 0.4) is 0 Å². The zero-order chi connectivity index (χ0) is 23.4. The molecule has 9 nitrogen and oxygen atoms in total. The summed E-state index contributed by atoms with van der Waals surface area (Å²) >= 11 is 1.09. The van der Waals surface area contributed by atoms with E-state index in [4.69, 9.17) is 0 Å². The van der Waals surface area contributed by atoms with E-state index in [2.05, 4.69) is 15.5 Å². The molecule has 0 radical (unpaired) electrons. The zero-order valence-electron chi connectivity index (χ0n) is 16.9. The number of para-hydroxylation sites is 2. The highest BCUT2D eigenvalue weighted by Gasteiger charge is 2.20. The van der Waals surface area contributed by atoms with Crippen molar-refractivity contribution >= 4 is 29.0 Å². The number of carbonyl (C=O) groups is 1. The molecule has 166 valence electrons. The van der Waals surface area contributed by atoms with Crippen LogP contribution >= 0.6 is 11.8 Å². The highest BCUT2D eigenvalue weighted by Crippen LogP contribution is 2.32. The molecule has 0 aliphatic carbocycles. The van der Waals surface area contributed by atoms with E-state index in [1.165, 1.54) is 6.07 Å². The van der Waals surface area contributed by atoms with E-state index >= 15 is 0 Å². The second kappa shape index (κ2) is 9.49. The highest BCUT2D eigenvalue weighted by atomic mass is 32.2. The van der Waals surface area contributed by atoms with E-state index in [1.54, 1.807) is 28.8 Å². The molecule has 2 N–H and O–H groups in total. The van der Waals surface area contributed by atoms with Crippen molar-refractivity contribution in [2.45, 2.75) is 5.16 Å². The van der Waals surface area contributed by atoms with Crippen molar-refractivity contribution in [3.05, 3.63) is 88.7 Å². The maximum atomic E-state index is 13.5. The van der Waals surface area contributed by atoms with E-state index in [9.17, 15) is 24.4 Å². The minimum absolute atomic E-state index is 0.0364. The largest absolute Gasteiger partial charge is 0.507 e. The Bertz CT molecular complexity index is 1330. The highest BCUT2D eigenvalue weighted by molar-refractivity contribution is 7.99. The molecule has 0 aliphatic rings. The number of benzene rings is 3. The second-order valence-corrected chi connectivity index (χ2v) is 7.70. The number of phenols is 1. The SMILES string of the molecule is O=C(CSc1nnc(-c2ccccc2O)n1-c1ccccc1)Nc1ccc(F)c([N+](=O)[O-])c1. The lowest BCUT2D eigenvalue weighted by Crippen LogP contribution is -2.15. The molecule has 0 bridgehead atoms. The summed E-state index contributed by atoms with van der Waals surface area (Å²) in [4.78, 5) is 22.5. The van der Waals surface area contributed by atoms with Gasteiger partial charge in [-0.2, -0.15) is 4.39 Å². The molecule has 4 rings (SSSR count). The van der Waals surface area contributed by atoms with Crippen LogP contribution in [0, 0.1) is 15.9 Å². The van der Waals surface area contributed by atoms with Crippen molar-refractivity contribution in [1.82, 2.24) is 14.8 Å². The lowest BCUT2D eigenvalue weighted by Gasteiger charge is -2.11. The first-order chi connectivity index (χ1) is 15.9. The van der Waals surface area contributed by atoms with Gasteiger partial charge in [-0.1, -0.05) is 42.1 Å². The van der Waals surface area contributed by atoms with Crippen LogP contribution < -0.4 is 5.32 Å². The summed E-state index contributed by atoms with van der Waals surface area (Å²) in [6, 6.07) is 19.1. The third-order valence-electron chi connectivity index (χ3n) is 4.55. The van der Waals surface area contributed by atoms with E-state index in [-0.39, 0.29) is 17.2 Å². The number of hydrogen-bond donors (Lipinski definition) is 2. The number of halogens is 1. The first kappa shape index (κ1) is 22.0. The summed E-state index contributed by atoms with van der Waals surface area (Å²) < 4.78 is 15.2. The quantitative estimate of drug-likeness (QED) is 0.235. The van der Waals surface area contributed by atoms with Crippen LogP contribution in [0.25, 0.3) is 17.1 Å². The summed E-state index contributed by atoms with van der Waals surface area (Å²) in [6.45, 7) is 0. The number of rotatable bonds is 7. The predicted molar refractivity (Wildman–Crippen MR) is 121 cm³/mol. The molecule has 0 unspecified atom stereocenters. The van der Waals surface area contributed by atoms with Crippen LogP contribution in [0.1, 0.15) is 0 Å². The third kappa shape index (κ3) is 4.83. The molecule has 11 heteroatoms. The Morgan fingerprint density at radius 2 is 1.82 bits per heavy atom. The van der Waals surface area contributed by atoms with Crippen LogP contribution in [-0.2, 0) is 4.79 Å². The van der Waals surface area contributed by atoms with Crippen molar-refractivity contribution in [2.24, 2.45) is 0 Å². The monoisotopic (exact) mass is 465 g/mol. The summed E-state index contributed by atoms with van der Waals surface area (Å²) in [5.41, 5.74) is 0.589. The Kier molecular flexibility index (Phi) is 6.31. The average Bonchev–Trinajstić information content (AvgIpc) is 3.23. The number of phenolic OH excluding ortho intramolecular Hbond substituents is 1. The lowest BCUT2D eigenvalue weighted by molar-refractivity contribution is -0.387. The Morgan fingerprint density at radius 3 is 2.55 bits per heavy atom. The number of aromatic nitrogens is 3. The van der Waals surface area contributed by atoms with E-state index in [0.717, 1.165) is 29.6 Å². The Morgan fingerprint density at radius 1 is 1.09 bits per heavy atom. The number of nitro groups is 1. The van der Waals surface area contributed by atoms with Gasteiger partial charge in [0.25, 0.3) is 0 Å². The van der Waals surface area contributed by atoms with Crippen molar-refractivity contribution in [3.63, 3.8) is 0 Å². The van der Waals surface area contributed by atoms with Gasteiger partial charge in [0.05, 0.1) is 16.2 Å². The molecule has 0 spiro atoms. The second-order valence-electron chi connectivity index (χ2n) is 6.75. The van der Waals surface area contributed by atoms with Gasteiger partial charge < -0.3 is 10.4 Å². The van der Waals surface area contributed by atoms with Crippen LogP contribution in [0.4, 0.5) is 15.8 Å². The van der Waals surface area contributed by atoms with Gasteiger partial charge in [0.15, 0.2) is 11.0 Å². The summed E-state index contributed by atoms with van der Waals surface area (Å²) in [5.74, 6) is -1.10. The fraction of sp³-hybridized carbons (Fsp3) is 0.0455. The first-order valence-corrected chi connectivity index (χ1v) is 10.6. The van der Waals surface area contributed by atoms with Crippen LogP contribution in [0.5, 0.6) is 5.75 Å². The molecule has 0 fully saturated rings. The summed E-state index contributed by atoms with van der Waals surface area (Å²) in [6.07, 6.45) is 0. The molecular formula is C22H16FN5O4S. The number of thioether (sulfide) groups is 1. The number of amides is 1. The van der Waals surface area contributed by atoms with Gasteiger partial charge in [0.1, 0.15) is 5.75 Å². The fourth-order valence-corrected chi connectivity index (χ4v) is 3.82. The van der Waals surface area contributed by atoms with Gasteiger partial charge in [-0.15, -0.1) is 10.2 Å². The number of hydrogen-bond acceptors (Lipinski definition) is 7. The Hall–Kier alpha value is -4.25. The number of aromatic hydroxyl groups is 1. The topological polar surface area (TPSA) is 123 Å². The molecule has 1 aromatic heterocycles. The van der Waals surface area contributed by atoms with Crippen molar-refractivity contribution < 1.29 is 19.2 Å². The van der Waals surface area contributed by atoms with Gasteiger partial charge in [-0.3, -0.25) is 19.5 Å². The van der Waals surface area contributed by atoms with Gasteiger partial charge in [-0.25, -0.2) is 0 Å². The number of nitrogens with zero attached hydrogens (tertiary/aromatic N) is 4. The number of carbonyl (C=O) groups excluding carboxylic acids is 1. The van der Waals surface area contributed by atoms with E-state index in [1.807, 2.05) is 30.3 Å². The average molecular weight is 465 g/mol. The van der Waals surface area contributed by atoms with Gasteiger partial charge in [-0.05, 0) is 36.4 Å². The number of anilines is 1. The van der Waals surface area contributed by atoms with Gasteiger partial charge in [0, 0.05) is 17.4 Å². The van der Waals surface area contributed by atoms with Gasteiger partial charge >= 0.3 is 5.69 Å². The maximum absolute atomic E-state index is 13.5. The molecule has 3 aromatic carbocycles. The molecule has 33 heavy (non-hydrogen) atoms. The first-order valence-electron chi connectivity index (χ1n) is 9.60. The molecule has 0 saturated carbocycles.